The van der Waals surface area contributed by atoms with Gasteiger partial charge < -0.3 is 30.2 Å². The van der Waals surface area contributed by atoms with Gasteiger partial charge in [0.1, 0.15) is 22.1 Å². The molecule has 0 aliphatic carbocycles. The van der Waals surface area contributed by atoms with Crippen molar-refractivity contribution in [3.05, 3.63) is 94.4 Å². The molecule has 12 heteroatoms. The van der Waals surface area contributed by atoms with Crippen LogP contribution < -0.4 is 25.4 Å². The summed E-state index contributed by atoms with van der Waals surface area (Å²) in [5.41, 5.74) is 1.95. The summed E-state index contributed by atoms with van der Waals surface area (Å²) < 4.78 is 16.0. The number of amides is 3. The molecule has 10 nitrogen and oxygen atoms in total. The van der Waals surface area contributed by atoms with Crippen molar-refractivity contribution >= 4 is 63.2 Å². The van der Waals surface area contributed by atoms with Gasteiger partial charge in [0.2, 0.25) is 5.91 Å². The van der Waals surface area contributed by atoms with Crippen molar-refractivity contribution in [2.45, 2.75) is 37.3 Å². The standard InChI is InChI=1S/C34H35N3O7S2/c1-6-26(45-23-16-11-15-22(19-23)36-31(39)28-24(42-4)17-12-18-25(28)43-5)30(38)37-33-27(34(41)44-7-2)20(3)29(46-33)32(40)35-21-13-9-8-10-14-21/h8-19,26H,6-7H2,1-5H3,(H,35,40)(H,36,39)(H,37,38). The number of esters is 1. The number of rotatable bonds is 13. The lowest BCUT2D eigenvalue weighted by Crippen LogP contribution is -2.25. The first-order valence-corrected chi connectivity index (χ1v) is 16.2. The zero-order chi connectivity index (χ0) is 33.2. The van der Waals surface area contributed by atoms with Crippen molar-refractivity contribution < 1.29 is 33.4 Å². The highest BCUT2D eigenvalue weighted by Gasteiger charge is 2.29. The van der Waals surface area contributed by atoms with E-state index in [9.17, 15) is 19.2 Å². The fourth-order valence-electron chi connectivity index (χ4n) is 4.57. The van der Waals surface area contributed by atoms with E-state index in [-0.39, 0.29) is 33.5 Å². The molecule has 0 radical (unpaired) electrons. The molecule has 0 saturated carbocycles. The predicted octanol–water partition coefficient (Wildman–Crippen LogP) is 7.26. The van der Waals surface area contributed by atoms with E-state index < -0.39 is 23.0 Å². The Morgan fingerprint density at radius 1 is 0.783 bits per heavy atom. The van der Waals surface area contributed by atoms with Crippen molar-refractivity contribution in [2.75, 3.05) is 36.8 Å². The molecular weight excluding hydrogens is 627 g/mol. The van der Waals surface area contributed by atoms with E-state index in [1.54, 1.807) is 74.5 Å². The van der Waals surface area contributed by atoms with E-state index >= 15 is 0 Å². The van der Waals surface area contributed by atoms with Crippen LogP contribution in [0, 0.1) is 6.92 Å². The van der Waals surface area contributed by atoms with Crippen LogP contribution in [0.2, 0.25) is 0 Å². The van der Waals surface area contributed by atoms with Gasteiger partial charge >= 0.3 is 5.97 Å². The summed E-state index contributed by atoms with van der Waals surface area (Å²) >= 11 is 2.33. The quantitative estimate of drug-likeness (QED) is 0.101. The topological polar surface area (TPSA) is 132 Å². The number of thiophene rings is 1. The summed E-state index contributed by atoms with van der Waals surface area (Å²) in [5.74, 6) is -1.03. The molecule has 0 bridgehead atoms. The van der Waals surface area contributed by atoms with Gasteiger partial charge in [-0.3, -0.25) is 14.4 Å². The summed E-state index contributed by atoms with van der Waals surface area (Å²) in [5, 5.41) is 8.27. The molecule has 0 saturated heterocycles. The molecule has 1 heterocycles. The van der Waals surface area contributed by atoms with Gasteiger partial charge in [0, 0.05) is 16.3 Å². The maximum Gasteiger partial charge on any atom is 0.341 e. The Bertz CT molecular complexity index is 1700. The number of methoxy groups -OCH3 is 2. The largest absolute Gasteiger partial charge is 0.496 e. The maximum absolute atomic E-state index is 13.6. The Hall–Kier alpha value is -4.81. The number of para-hydroxylation sites is 1. The predicted molar refractivity (Wildman–Crippen MR) is 182 cm³/mol. The molecule has 4 rings (SSSR count). The molecule has 3 N–H and O–H groups in total. The number of carbonyl (C=O) groups is 4. The number of hydrogen-bond donors (Lipinski definition) is 3. The van der Waals surface area contributed by atoms with E-state index in [4.69, 9.17) is 14.2 Å². The number of anilines is 3. The zero-order valence-corrected chi connectivity index (χ0v) is 27.7. The second-order valence-electron chi connectivity index (χ2n) is 9.82. The molecule has 1 atom stereocenters. The van der Waals surface area contributed by atoms with Gasteiger partial charge in [0.25, 0.3) is 11.8 Å². The number of benzene rings is 3. The van der Waals surface area contributed by atoms with Crippen LogP contribution in [-0.2, 0) is 9.53 Å². The van der Waals surface area contributed by atoms with Crippen LogP contribution in [0.5, 0.6) is 11.5 Å². The van der Waals surface area contributed by atoms with Crippen LogP contribution in [0.4, 0.5) is 16.4 Å². The summed E-state index contributed by atoms with van der Waals surface area (Å²) in [6.07, 6.45) is 0.464. The van der Waals surface area contributed by atoms with Crippen LogP contribution in [-0.4, -0.2) is 49.8 Å². The number of hydrogen-bond acceptors (Lipinski definition) is 9. The average molecular weight is 662 g/mol. The van der Waals surface area contributed by atoms with Crippen molar-refractivity contribution in [1.29, 1.82) is 0 Å². The number of carbonyl (C=O) groups excluding carboxylic acids is 4. The zero-order valence-electron chi connectivity index (χ0n) is 26.1. The maximum atomic E-state index is 13.6. The van der Waals surface area contributed by atoms with Crippen LogP contribution in [0.25, 0.3) is 0 Å². The Kier molecular flexibility index (Phi) is 11.8. The first kappa shape index (κ1) is 34.1. The minimum Gasteiger partial charge on any atom is -0.496 e. The van der Waals surface area contributed by atoms with Crippen molar-refractivity contribution in [1.82, 2.24) is 0 Å². The van der Waals surface area contributed by atoms with Gasteiger partial charge in [0.15, 0.2) is 0 Å². The minimum atomic E-state index is -0.624. The third-order valence-electron chi connectivity index (χ3n) is 6.79. The monoisotopic (exact) mass is 661 g/mol. The Morgan fingerprint density at radius 2 is 1.41 bits per heavy atom. The number of thioether (sulfide) groups is 1. The smallest absolute Gasteiger partial charge is 0.341 e. The SMILES string of the molecule is CCOC(=O)c1c(NC(=O)C(CC)Sc2cccc(NC(=O)c3c(OC)cccc3OC)c2)sc(C(=O)Nc2ccccc2)c1C. The lowest BCUT2D eigenvalue weighted by Gasteiger charge is -2.16. The highest BCUT2D eigenvalue weighted by molar-refractivity contribution is 8.00. The summed E-state index contributed by atoms with van der Waals surface area (Å²) in [6.45, 7) is 5.36. The second kappa shape index (κ2) is 16.0. The second-order valence-corrected chi connectivity index (χ2v) is 12.1. The normalized spacial score (nSPS) is 11.2. The molecule has 0 aliphatic heterocycles. The highest BCUT2D eigenvalue weighted by Crippen LogP contribution is 2.36. The van der Waals surface area contributed by atoms with Gasteiger partial charge in [-0.1, -0.05) is 37.3 Å². The molecule has 240 valence electrons. The van der Waals surface area contributed by atoms with Gasteiger partial charge in [0.05, 0.1) is 36.5 Å². The van der Waals surface area contributed by atoms with Crippen molar-refractivity contribution in [3.63, 3.8) is 0 Å². The van der Waals surface area contributed by atoms with Gasteiger partial charge in [-0.05, 0) is 68.3 Å². The van der Waals surface area contributed by atoms with Gasteiger partial charge in [-0.15, -0.1) is 23.1 Å². The molecule has 0 fully saturated rings. The Morgan fingerprint density at radius 3 is 2.04 bits per heavy atom. The molecule has 0 spiro atoms. The first-order valence-electron chi connectivity index (χ1n) is 14.5. The summed E-state index contributed by atoms with van der Waals surface area (Å²) in [6, 6.07) is 21.2. The number of nitrogens with one attached hydrogen (secondary N) is 3. The van der Waals surface area contributed by atoms with Crippen LogP contribution in [0.15, 0.2) is 77.7 Å². The van der Waals surface area contributed by atoms with Crippen molar-refractivity contribution in [2.24, 2.45) is 0 Å². The third kappa shape index (κ3) is 8.06. The molecule has 46 heavy (non-hydrogen) atoms. The Labute approximate surface area is 275 Å². The lowest BCUT2D eigenvalue weighted by molar-refractivity contribution is -0.115. The summed E-state index contributed by atoms with van der Waals surface area (Å²) in [4.78, 5) is 53.9. The van der Waals surface area contributed by atoms with E-state index in [0.717, 1.165) is 16.2 Å². The van der Waals surface area contributed by atoms with Crippen LogP contribution in [0.3, 0.4) is 0 Å². The van der Waals surface area contributed by atoms with Crippen LogP contribution >= 0.6 is 23.1 Å². The third-order valence-corrected chi connectivity index (χ3v) is 9.35. The molecule has 0 aliphatic rings. The van der Waals surface area contributed by atoms with Gasteiger partial charge in [-0.2, -0.15) is 0 Å². The van der Waals surface area contributed by atoms with E-state index in [2.05, 4.69) is 16.0 Å². The number of ether oxygens (including phenoxy) is 3. The fourth-order valence-corrected chi connectivity index (χ4v) is 6.68. The molecule has 1 unspecified atom stereocenters. The van der Waals surface area contributed by atoms with E-state index in [1.807, 2.05) is 19.1 Å². The first-order chi connectivity index (χ1) is 22.2. The van der Waals surface area contributed by atoms with E-state index in [1.165, 1.54) is 26.0 Å². The van der Waals surface area contributed by atoms with Crippen molar-refractivity contribution in [3.8, 4) is 11.5 Å². The average Bonchev–Trinajstić information content (AvgIpc) is 3.38. The van der Waals surface area contributed by atoms with Gasteiger partial charge in [-0.25, -0.2) is 4.79 Å². The molecular formula is C34H35N3O7S2. The van der Waals surface area contributed by atoms with E-state index in [0.29, 0.717) is 34.9 Å². The molecule has 4 aromatic rings. The lowest BCUT2D eigenvalue weighted by atomic mass is 10.1. The Balaban J connectivity index is 1.53. The molecule has 3 amide bonds. The fraction of sp³-hybridized carbons (Fsp3) is 0.235. The molecule has 1 aromatic heterocycles. The highest BCUT2D eigenvalue weighted by atomic mass is 32.2. The summed E-state index contributed by atoms with van der Waals surface area (Å²) in [7, 11) is 2.96. The van der Waals surface area contributed by atoms with Crippen LogP contribution in [0.1, 0.15) is 56.2 Å². The minimum absolute atomic E-state index is 0.136. The molecule has 3 aromatic carbocycles.